The van der Waals surface area contributed by atoms with Crippen molar-refractivity contribution in [1.82, 2.24) is 0 Å². The minimum Gasteiger partial charge on any atom is -0.507 e. The van der Waals surface area contributed by atoms with Gasteiger partial charge in [-0.15, -0.1) is 0 Å². The highest BCUT2D eigenvalue weighted by Crippen LogP contribution is 2.30. The van der Waals surface area contributed by atoms with E-state index < -0.39 is 22.4 Å². The summed E-state index contributed by atoms with van der Waals surface area (Å²) in [6.07, 6.45) is 0.751. The van der Waals surface area contributed by atoms with Crippen LogP contribution in [0.15, 0.2) is 6.07 Å². The minimum atomic E-state index is -0.960. The monoisotopic (exact) mass is 221 g/mol. The lowest BCUT2D eigenvalue weighted by atomic mass is 10.1. The first-order valence-corrected chi connectivity index (χ1v) is 4.51. The maximum Gasteiger partial charge on any atom is 0.151 e. The molecule has 3 N–H and O–H groups in total. The Morgan fingerprint density at radius 3 is 2.64 bits per heavy atom. The summed E-state index contributed by atoms with van der Waals surface area (Å²) in [4.78, 5) is 0. The number of hydrogen-bond donors (Lipinski definition) is 2. The SMILES string of the molecule is NCCCc1c(O)cc(F)c(Cl)c1F. The van der Waals surface area contributed by atoms with Crippen molar-refractivity contribution in [1.29, 1.82) is 0 Å². The van der Waals surface area contributed by atoms with Gasteiger partial charge in [0.25, 0.3) is 0 Å². The quantitative estimate of drug-likeness (QED) is 0.769. The standard InChI is InChI=1S/C9H10ClF2NO/c10-8-6(11)4-7(14)5(9(8)12)2-1-3-13/h4,14H,1-3,13H2. The van der Waals surface area contributed by atoms with E-state index in [0.29, 0.717) is 13.0 Å². The van der Waals surface area contributed by atoms with Gasteiger partial charge in [-0.25, -0.2) is 8.78 Å². The molecule has 0 spiro atoms. The predicted molar refractivity (Wildman–Crippen MR) is 50.4 cm³/mol. The molecular weight excluding hydrogens is 212 g/mol. The summed E-state index contributed by atoms with van der Waals surface area (Å²) < 4.78 is 26.1. The van der Waals surface area contributed by atoms with Crippen molar-refractivity contribution in [3.05, 3.63) is 28.3 Å². The fourth-order valence-electron chi connectivity index (χ4n) is 1.14. The van der Waals surface area contributed by atoms with Crippen molar-refractivity contribution in [3.63, 3.8) is 0 Å². The van der Waals surface area contributed by atoms with Crippen LogP contribution in [0.5, 0.6) is 5.75 Å². The molecule has 0 fully saturated rings. The number of phenols is 1. The molecule has 1 aromatic carbocycles. The summed E-state index contributed by atoms with van der Waals surface area (Å²) in [5.74, 6) is -2.28. The van der Waals surface area contributed by atoms with Crippen molar-refractivity contribution in [3.8, 4) is 5.75 Å². The minimum absolute atomic E-state index is 0.0156. The topological polar surface area (TPSA) is 46.2 Å². The highest BCUT2D eigenvalue weighted by atomic mass is 35.5. The second-order valence-electron chi connectivity index (χ2n) is 2.88. The van der Waals surface area contributed by atoms with E-state index in [1.807, 2.05) is 0 Å². The van der Waals surface area contributed by atoms with Crippen LogP contribution in [0, 0.1) is 11.6 Å². The third-order valence-electron chi connectivity index (χ3n) is 1.87. The van der Waals surface area contributed by atoms with Crippen molar-refractivity contribution in [2.45, 2.75) is 12.8 Å². The summed E-state index contributed by atoms with van der Waals surface area (Å²) in [7, 11) is 0. The van der Waals surface area contributed by atoms with Gasteiger partial charge >= 0.3 is 0 Å². The van der Waals surface area contributed by atoms with Gasteiger partial charge in [0.05, 0.1) is 0 Å². The van der Waals surface area contributed by atoms with Gasteiger partial charge in [0.2, 0.25) is 0 Å². The van der Waals surface area contributed by atoms with E-state index in [1.54, 1.807) is 0 Å². The Morgan fingerprint density at radius 1 is 1.43 bits per heavy atom. The molecule has 0 saturated carbocycles. The summed E-state index contributed by atoms with van der Waals surface area (Å²) in [5.41, 5.74) is 5.25. The molecular formula is C9H10ClF2NO. The van der Waals surface area contributed by atoms with Gasteiger partial charge in [0, 0.05) is 11.6 Å². The van der Waals surface area contributed by atoms with Crippen LogP contribution in [0.25, 0.3) is 0 Å². The van der Waals surface area contributed by atoms with Gasteiger partial charge in [0.1, 0.15) is 16.6 Å². The molecule has 0 bridgehead atoms. The summed E-state index contributed by atoms with van der Waals surface area (Å²) >= 11 is 5.34. The van der Waals surface area contributed by atoms with E-state index in [0.717, 1.165) is 6.07 Å². The van der Waals surface area contributed by atoms with Crippen LogP contribution in [0.3, 0.4) is 0 Å². The lowest BCUT2D eigenvalue weighted by Gasteiger charge is -2.07. The van der Waals surface area contributed by atoms with Gasteiger partial charge in [0.15, 0.2) is 5.82 Å². The average molecular weight is 222 g/mol. The van der Waals surface area contributed by atoms with E-state index in [9.17, 15) is 13.9 Å². The number of rotatable bonds is 3. The number of benzene rings is 1. The Balaban J connectivity index is 3.09. The highest BCUT2D eigenvalue weighted by Gasteiger charge is 2.16. The molecule has 0 aliphatic heterocycles. The highest BCUT2D eigenvalue weighted by molar-refractivity contribution is 6.31. The number of phenolic OH excluding ortho intramolecular Hbond substituents is 1. The Kier molecular flexibility index (Phi) is 3.66. The molecule has 0 aliphatic rings. The summed E-state index contributed by atoms with van der Waals surface area (Å²) in [5, 5.41) is 8.66. The largest absolute Gasteiger partial charge is 0.507 e. The molecule has 5 heteroatoms. The van der Waals surface area contributed by atoms with Crippen molar-refractivity contribution in [2.24, 2.45) is 5.73 Å². The molecule has 0 saturated heterocycles. The molecule has 0 atom stereocenters. The smallest absolute Gasteiger partial charge is 0.151 e. The Labute approximate surface area is 85.3 Å². The second kappa shape index (κ2) is 4.57. The zero-order valence-electron chi connectivity index (χ0n) is 7.36. The number of nitrogens with two attached hydrogens (primary N) is 1. The van der Waals surface area contributed by atoms with E-state index >= 15 is 0 Å². The molecule has 2 nitrogen and oxygen atoms in total. The van der Waals surface area contributed by atoms with Crippen LogP contribution in [0.4, 0.5) is 8.78 Å². The fraction of sp³-hybridized carbons (Fsp3) is 0.333. The normalized spacial score (nSPS) is 10.6. The summed E-state index contributed by atoms with van der Waals surface area (Å²) in [6.45, 7) is 0.369. The number of halogens is 3. The molecule has 78 valence electrons. The molecule has 0 radical (unpaired) electrons. The molecule has 1 aromatic rings. The van der Waals surface area contributed by atoms with Crippen LogP contribution in [0.1, 0.15) is 12.0 Å². The molecule has 0 aliphatic carbocycles. The Morgan fingerprint density at radius 2 is 2.07 bits per heavy atom. The van der Waals surface area contributed by atoms with E-state index in [-0.39, 0.29) is 12.0 Å². The zero-order valence-corrected chi connectivity index (χ0v) is 8.11. The predicted octanol–water partition coefficient (Wildman–Crippen LogP) is 2.22. The zero-order chi connectivity index (χ0) is 10.7. The summed E-state index contributed by atoms with van der Waals surface area (Å²) in [6, 6.07) is 0.803. The molecule has 0 heterocycles. The lowest BCUT2D eigenvalue weighted by molar-refractivity contribution is 0.449. The first-order chi connectivity index (χ1) is 6.57. The number of hydrogen-bond acceptors (Lipinski definition) is 2. The first-order valence-electron chi connectivity index (χ1n) is 4.13. The van der Waals surface area contributed by atoms with Gasteiger partial charge in [-0.05, 0) is 19.4 Å². The lowest BCUT2D eigenvalue weighted by Crippen LogP contribution is -2.02. The van der Waals surface area contributed by atoms with Crippen molar-refractivity contribution >= 4 is 11.6 Å². The fourth-order valence-corrected chi connectivity index (χ4v) is 1.31. The molecule has 14 heavy (non-hydrogen) atoms. The van der Waals surface area contributed by atoms with Gasteiger partial charge in [-0.2, -0.15) is 0 Å². The van der Waals surface area contributed by atoms with Gasteiger partial charge < -0.3 is 10.8 Å². The van der Waals surface area contributed by atoms with E-state index in [2.05, 4.69) is 0 Å². The third kappa shape index (κ3) is 2.13. The van der Waals surface area contributed by atoms with E-state index in [1.165, 1.54) is 0 Å². The maximum atomic E-state index is 13.3. The van der Waals surface area contributed by atoms with Crippen LogP contribution >= 0.6 is 11.6 Å². The van der Waals surface area contributed by atoms with Crippen molar-refractivity contribution < 1.29 is 13.9 Å². The Hall–Kier alpha value is -0.870. The van der Waals surface area contributed by atoms with Gasteiger partial charge in [-0.1, -0.05) is 11.6 Å². The van der Waals surface area contributed by atoms with Crippen LogP contribution in [-0.4, -0.2) is 11.7 Å². The average Bonchev–Trinajstić information content (AvgIpc) is 2.14. The third-order valence-corrected chi connectivity index (χ3v) is 2.22. The maximum absolute atomic E-state index is 13.3. The van der Waals surface area contributed by atoms with Gasteiger partial charge in [-0.3, -0.25) is 0 Å². The molecule has 0 aromatic heterocycles. The molecule has 0 amide bonds. The number of aromatic hydroxyl groups is 1. The van der Waals surface area contributed by atoms with Crippen LogP contribution < -0.4 is 5.73 Å². The first kappa shape index (κ1) is 11.2. The van der Waals surface area contributed by atoms with Crippen LogP contribution in [0.2, 0.25) is 5.02 Å². The molecule has 0 unspecified atom stereocenters. The van der Waals surface area contributed by atoms with Crippen molar-refractivity contribution in [2.75, 3.05) is 6.54 Å². The second-order valence-corrected chi connectivity index (χ2v) is 3.25. The Bertz CT molecular complexity index is 344. The molecule has 1 rings (SSSR count). The van der Waals surface area contributed by atoms with E-state index in [4.69, 9.17) is 17.3 Å². The van der Waals surface area contributed by atoms with Crippen LogP contribution in [-0.2, 0) is 6.42 Å².